The first-order chi connectivity index (χ1) is 7.97. The normalized spacial score (nSPS) is 12.6. The van der Waals surface area contributed by atoms with Gasteiger partial charge in [-0.2, -0.15) is 0 Å². The molecule has 0 saturated carbocycles. The number of ether oxygens (including phenoxy) is 1. The van der Waals surface area contributed by atoms with Crippen molar-refractivity contribution in [3.8, 4) is 5.75 Å². The summed E-state index contributed by atoms with van der Waals surface area (Å²) < 4.78 is 5.45. The number of benzene rings is 1. The molecule has 2 nitrogen and oxygen atoms in total. The molecule has 0 heterocycles. The predicted octanol–water partition coefficient (Wildman–Crippen LogP) is 4.02. The van der Waals surface area contributed by atoms with Crippen LogP contribution in [0.5, 0.6) is 5.75 Å². The second-order valence-electron chi connectivity index (χ2n) is 4.32. The van der Waals surface area contributed by atoms with Crippen LogP contribution in [-0.2, 0) is 0 Å². The lowest BCUT2D eigenvalue weighted by Gasteiger charge is -2.15. The lowest BCUT2D eigenvalue weighted by atomic mass is 9.93. The Morgan fingerprint density at radius 2 is 2.00 bits per heavy atom. The van der Waals surface area contributed by atoms with Gasteiger partial charge in [0.25, 0.3) is 0 Å². The van der Waals surface area contributed by atoms with Gasteiger partial charge < -0.3 is 4.74 Å². The van der Waals surface area contributed by atoms with Crippen LogP contribution in [0.15, 0.2) is 18.2 Å². The van der Waals surface area contributed by atoms with E-state index >= 15 is 0 Å². The molecule has 0 aliphatic carbocycles. The van der Waals surface area contributed by atoms with Crippen molar-refractivity contribution in [1.82, 2.24) is 0 Å². The number of ketones is 1. The van der Waals surface area contributed by atoms with Crippen LogP contribution in [0.2, 0.25) is 0 Å². The second kappa shape index (κ2) is 6.06. The van der Waals surface area contributed by atoms with E-state index in [-0.39, 0.29) is 11.7 Å². The minimum absolute atomic E-state index is 0.0292. The Morgan fingerprint density at radius 3 is 2.47 bits per heavy atom. The highest BCUT2D eigenvalue weighted by atomic mass is 35.5. The van der Waals surface area contributed by atoms with Crippen LogP contribution in [0.3, 0.4) is 0 Å². The molecule has 1 rings (SSSR count). The van der Waals surface area contributed by atoms with E-state index in [1.54, 1.807) is 6.92 Å². The van der Waals surface area contributed by atoms with Crippen molar-refractivity contribution < 1.29 is 9.53 Å². The van der Waals surface area contributed by atoms with Crippen LogP contribution in [0.4, 0.5) is 0 Å². The maximum atomic E-state index is 12.0. The SMILES string of the molecule is CCOc1ccc(C(=O)C(C)Cl)c(C(C)C)c1. The molecule has 1 aromatic carbocycles. The molecule has 0 aromatic heterocycles. The number of halogens is 1. The quantitative estimate of drug-likeness (QED) is 0.586. The predicted molar refractivity (Wildman–Crippen MR) is 71.3 cm³/mol. The molecule has 0 N–H and O–H groups in total. The van der Waals surface area contributed by atoms with Crippen LogP contribution in [0.1, 0.15) is 49.5 Å². The largest absolute Gasteiger partial charge is 0.494 e. The third-order valence-electron chi connectivity index (χ3n) is 2.58. The Hall–Kier alpha value is -1.02. The van der Waals surface area contributed by atoms with Crippen LogP contribution < -0.4 is 4.74 Å². The number of alkyl halides is 1. The second-order valence-corrected chi connectivity index (χ2v) is 4.97. The number of rotatable bonds is 5. The lowest BCUT2D eigenvalue weighted by Crippen LogP contribution is -2.14. The average Bonchev–Trinajstić information content (AvgIpc) is 2.28. The first-order valence-corrected chi connectivity index (χ1v) is 6.36. The first kappa shape index (κ1) is 14.0. The molecule has 0 bridgehead atoms. The standard InChI is InChI=1S/C14H19ClO2/c1-5-17-11-6-7-12(14(16)10(4)15)13(8-11)9(2)3/h6-10H,5H2,1-4H3. The van der Waals surface area contributed by atoms with Crippen molar-refractivity contribution in [2.75, 3.05) is 6.61 Å². The highest BCUT2D eigenvalue weighted by Gasteiger charge is 2.18. The van der Waals surface area contributed by atoms with E-state index in [0.29, 0.717) is 12.2 Å². The van der Waals surface area contributed by atoms with Gasteiger partial charge in [0.1, 0.15) is 5.75 Å². The van der Waals surface area contributed by atoms with E-state index in [1.165, 1.54) is 0 Å². The number of hydrogen-bond donors (Lipinski definition) is 0. The van der Waals surface area contributed by atoms with Gasteiger partial charge in [-0.25, -0.2) is 0 Å². The van der Waals surface area contributed by atoms with E-state index in [4.69, 9.17) is 16.3 Å². The zero-order valence-corrected chi connectivity index (χ0v) is 11.5. The van der Waals surface area contributed by atoms with Crippen LogP contribution >= 0.6 is 11.6 Å². The lowest BCUT2D eigenvalue weighted by molar-refractivity contribution is 0.0990. The Bertz CT molecular complexity index is 397. The summed E-state index contributed by atoms with van der Waals surface area (Å²) in [4.78, 5) is 12.0. The van der Waals surface area contributed by atoms with Gasteiger partial charge in [-0.15, -0.1) is 11.6 Å². The number of hydrogen-bond acceptors (Lipinski definition) is 2. The number of carbonyl (C=O) groups excluding carboxylic acids is 1. The third-order valence-corrected chi connectivity index (χ3v) is 2.78. The molecule has 1 unspecified atom stereocenters. The van der Waals surface area contributed by atoms with Gasteiger partial charge >= 0.3 is 0 Å². The van der Waals surface area contributed by atoms with Crippen molar-refractivity contribution in [3.63, 3.8) is 0 Å². The average molecular weight is 255 g/mol. The summed E-state index contributed by atoms with van der Waals surface area (Å²) in [7, 11) is 0. The fourth-order valence-corrected chi connectivity index (χ4v) is 1.83. The molecule has 1 aromatic rings. The maximum absolute atomic E-state index is 12.0. The van der Waals surface area contributed by atoms with E-state index in [9.17, 15) is 4.79 Å². The van der Waals surface area contributed by atoms with Crippen molar-refractivity contribution >= 4 is 17.4 Å². The summed E-state index contributed by atoms with van der Waals surface area (Å²) in [5.41, 5.74) is 1.69. The van der Waals surface area contributed by atoms with Crippen LogP contribution in [0, 0.1) is 0 Å². The van der Waals surface area contributed by atoms with Crippen molar-refractivity contribution in [2.45, 2.75) is 39.0 Å². The monoisotopic (exact) mass is 254 g/mol. The van der Waals surface area contributed by atoms with E-state index in [2.05, 4.69) is 13.8 Å². The Morgan fingerprint density at radius 1 is 1.35 bits per heavy atom. The molecule has 0 spiro atoms. The fraction of sp³-hybridized carbons (Fsp3) is 0.500. The van der Waals surface area contributed by atoms with Crippen LogP contribution in [-0.4, -0.2) is 17.8 Å². The van der Waals surface area contributed by atoms with E-state index < -0.39 is 5.38 Å². The highest BCUT2D eigenvalue weighted by molar-refractivity contribution is 6.33. The Kier molecular flexibility index (Phi) is 5.01. The van der Waals surface area contributed by atoms with Gasteiger partial charge in [-0.05, 0) is 43.5 Å². The van der Waals surface area contributed by atoms with Gasteiger partial charge in [-0.3, -0.25) is 4.79 Å². The highest BCUT2D eigenvalue weighted by Crippen LogP contribution is 2.26. The topological polar surface area (TPSA) is 26.3 Å². The molecular formula is C14H19ClO2. The molecule has 0 fully saturated rings. The Balaban J connectivity index is 3.17. The smallest absolute Gasteiger partial charge is 0.180 e. The molecule has 3 heteroatoms. The first-order valence-electron chi connectivity index (χ1n) is 5.92. The molecule has 17 heavy (non-hydrogen) atoms. The summed E-state index contributed by atoms with van der Waals surface area (Å²) in [6, 6.07) is 5.56. The molecule has 0 saturated heterocycles. The summed E-state index contributed by atoms with van der Waals surface area (Å²) in [6.07, 6.45) is 0. The summed E-state index contributed by atoms with van der Waals surface area (Å²) in [6.45, 7) is 8.37. The van der Waals surface area contributed by atoms with Crippen LogP contribution in [0.25, 0.3) is 0 Å². The van der Waals surface area contributed by atoms with E-state index in [1.807, 2.05) is 25.1 Å². The van der Waals surface area contributed by atoms with Gasteiger partial charge in [0.2, 0.25) is 0 Å². The third kappa shape index (κ3) is 3.47. The number of carbonyl (C=O) groups is 1. The summed E-state index contributed by atoms with van der Waals surface area (Å²) in [5.74, 6) is 1.04. The zero-order chi connectivity index (χ0) is 13.0. The molecule has 94 valence electrons. The molecule has 1 atom stereocenters. The van der Waals surface area contributed by atoms with Gasteiger partial charge in [-0.1, -0.05) is 13.8 Å². The van der Waals surface area contributed by atoms with Gasteiger partial charge in [0.15, 0.2) is 5.78 Å². The molecule has 0 aliphatic rings. The maximum Gasteiger partial charge on any atom is 0.180 e. The molecular weight excluding hydrogens is 236 g/mol. The summed E-state index contributed by atoms with van der Waals surface area (Å²) in [5, 5.41) is -0.495. The zero-order valence-electron chi connectivity index (χ0n) is 10.8. The Labute approximate surface area is 108 Å². The molecule has 0 amide bonds. The van der Waals surface area contributed by atoms with Gasteiger partial charge in [0, 0.05) is 5.56 Å². The fourth-order valence-electron chi connectivity index (χ4n) is 1.71. The van der Waals surface area contributed by atoms with E-state index in [0.717, 1.165) is 11.3 Å². The van der Waals surface area contributed by atoms with Crippen molar-refractivity contribution in [2.24, 2.45) is 0 Å². The number of Topliss-reactive ketones (excluding diaryl/α,β-unsaturated/α-hetero) is 1. The molecule has 0 aliphatic heterocycles. The minimum atomic E-state index is -0.495. The van der Waals surface area contributed by atoms with Gasteiger partial charge in [0.05, 0.1) is 12.0 Å². The van der Waals surface area contributed by atoms with Crippen molar-refractivity contribution in [1.29, 1.82) is 0 Å². The summed E-state index contributed by atoms with van der Waals surface area (Å²) >= 11 is 5.86. The van der Waals surface area contributed by atoms with Crippen molar-refractivity contribution in [3.05, 3.63) is 29.3 Å². The molecule has 0 radical (unpaired) electrons. The minimum Gasteiger partial charge on any atom is -0.494 e.